The van der Waals surface area contributed by atoms with Gasteiger partial charge in [0.15, 0.2) is 0 Å². The molecule has 0 aliphatic carbocycles. The zero-order chi connectivity index (χ0) is 23.2. The maximum Gasteiger partial charge on any atom is 0.326 e. The second-order valence-corrected chi connectivity index (χ2v) is 8.66. The molecule has 174 valence electrons. The van der Waals surface area contributed by atoms with Gasteiger partial charge in [0.1, 0.15) is 12.1 Å². The maximum atomic E-state index is 12.5. The van der Waals surface area contributed by atoms with E-state index in [-0.39, 0.29) is 6.42 Å². The molecule has 13 heteroatoms. The maximum absolute atomic E-state index is 12.5. The van der Waals surface area contributed by atoms with Gasteiger partial charge in [-0.05, 0) is 36.9 Å². The Morgan fingerprint density at radius 3 is 2.35 bits per heavy atom. The molecule has 3 amide bonds. The second kappa shape index (κ2) is 14.7. The third-order valence-electron chi connectivity index (χ3n) is 4.25. The fourth-order valence-electron chi connectivity index (χ4n) is 2.51. The Morgan fingerprint density at radius 2 is 1.77 bits per heavy atom. The number of aromatic nitrogens is 2. The van der Waals surface area contributed by atoms with E-state index in [1.54, 1.807) is 11.8 Å². The molecule has 0 fully saturated rings. The molecule has 0 bridgehead atoms. The number of hydrogen-bond acceptors (Lipinski definition) is 8. The molecular formula is C18H30N6O5S2. The zero-order valence-electron chi connectivity index (χ0n) is 17.6. The number of aromatic amines is 1. The first-order valence-electron chi connectivity index (χ1n) is 9.59. The van der Waals surface area contributed by atoms with E-state index >= 15 is 0 Å². The average molecular weight is 475 g/mol. The van der Waals surface area contributed by atoms with Crippen LogP contribution in [0, 0.1) is 0 Å². The number of aliphatic carboxylic acids is 1. The topological polar surface area (TPSA) is 179 Å². The first-order chi connectivity index (χ1) is 14.8. The van der Waals surface area contributed by atoms with E-state index in [2.05, 4.69) is 25.9 Å². The van der Waals surface area contributed by atoms with Gasteiger partial charge in [0, 0.05) is 18.3 Å². The van der Waals surface area contributed by atoms with Crippen LogP contribution in [0.4, 0.5) is 0 Å². The summed E-state index contributed by atoms with van der Waals surface area (Å²) in [5.41, 5.74) is 6.40. The SMILES string of the molecule is CSCCC(N)C(=O)NC(CCSC)C(=O)NCC(=O)NC(Cc1cnc[nH]1)C(=O)O. The number of nitrogens with one attached hydrogen (secondary N) is 4. The van der Waals surface area contributed by atoms with Crippen molar-refractivity contribution in [2.75, 3.05) is 30.6 Å². The number of rotatable bonds is 15. The summed E-state index contributed by atoms with van der Waals surface area (Å²) in [5, 5.41) is 16.7. The monoisotopic (exact) mass is 474 g/mol. The van der Waals surface area contributed by atoms with E-state index in [9.17, 15) is 24.3 Å². The number of amides is 3. The van der Waals surface area contributed by atoms with Gasteiger partial charge >= 0.3 is 5.97 Å². The Hall–Kier alpha value is -2.25. The van der Waals surface area contributed by atoms with E-state index in [4.69, 9.17) is 5.73 Å². The van der Waals surface area contributed by atoms with Gasteiger partial charge < -0.3 is 31.8 Å². The van der Waals surface area contributed by atoms with Gasteiger partial charge in [-0.3, -0.25) is 14.4 Å². The smallest absolute Gasteiger partial charge is 0.326 e. The standard InChI is InChI=1S/C18H30N6O5S2/c1-30-5-3-12(19)16(26)24-13(4-6-31-2)17(27)21-9-15(25)23-14(18(28)29)7-11-8-20-10-22-11/h8,10,12-14H,3-7,9,19H2,1-2H3,(H,20,22)(H,21,27)(H,23,25)(H,24,26)(H,28,29). The van der Waals surface area contributed by atoms with Crippen LogP contribution in [-0.4, -0.2) is 87.5 Å². The minimum atomic E-state index is -1.21. The average Bonchev–Trinajstić information content (AvgIpc) is 3.25. The lowest BCUT2D eigenvalue weighted by Crippen LogP contribution is -2.53. The van der Waals surface area contributed by atoms with Crippen LogP contribution >= 0.6 is 23.5 Å². The molecule has 7 N–H and O–H groups in total. The summed E-state index contributed by atoms with van der Waals surface area (Å²) in [7, 11) is 0. The van der Waals surface area contributed by atoms with Gasteiger partial charge in [-0.15, -0.1) is 0 Å². The number of nitrogens with zero attached hydrogens (tertiary/aromatic N) is 1. The molecule has 11 nitrogen and oxygen atoms in total. The molecule has 1 aromatic heterocycles. The van der Waals surface area contributed by atoms with Crippen LogP contribution in [0.5, 0.6) is 0 Å². The van der Waals surface area contributed by atoms with Gasteiger partial charge in [-0.1, -0.05) is 0 Å². The Kier molecular flexibility index (Phi) is 12.7. The summed E-state index contributed by atoms with van der Waals surface area (Å²) >= 11 is 3.09. The van der Waals surface area contributed by atoms with Gasteiger partial charge in [-0.2, -0.15) is 23.5 Å². The minimum absolute atomic E-state index is 0.0232. The molecule has 0 saturated heterocycles. The second-order valence-electron chi connectivity index (χ2n) is 6.69. The van der Waals surface area contributed by atoms with Crippen LogP contribution < -0.4 is 21.7 Å². The van der Waals surface area contributed by atoms with E-state index in [0.29, 0.717) is 24.3 Å². The van der Waals surface area contributed by atoms with Crippen molar-refractivity contribution in [2.24, 2.45) is 5.73 Å². The summed E-state index contributed by atoms with van der Waals surface area (Å²) in [6.45, 7) is -0.421. The van der Waals surface area contributed by atoms with E-state index in [1.165, 1.54) is 24.3 Å². The van der Waals surface area contributed by atoms with Crippen molar-refractivity contribution in [2.45, 2.75) is 37.4 Å². The van der Waals surface area contributed by atoms with Gasteiger partial charge in [0.2, 0.25) is 17.7 Å². The zero-order valence-corrected chi connectivity index (χ0v) is 19.2. The van der Waals surface area contributed by atoms with Crippen LogP contribution in [0.25, 0.3) is 0 Å². The number of carboxylic acids is 1. The number of carbonyl (C=O) groups is 4. The first-order valence-corrected chi connectivity index (χ1v) is 12.4. The predicted molar refractivity (Wildman–Crippen MR) is 121 cm³/mol. The lowest BCUT2D eigenvalue weighted by atomic mass is 10.1. The van der Waals surface area contributed by atoms with Crippen molar-refractivity contribution >= 4 is 47.2 Å². The van der Waals surface area contributed by atoms with Crippen molar-refractivity contribution in [3.8, 4) is 0 Å². The molecule has 1 aromatic rings. The highest BCUT2D eigenvalue weighted by atomic mass is 32.2. The van der Waals surface area contributed by atoms with Gasteiger partial charge in [0.05, 0.1) is 18.9 Å². The van der Waals surface area contributed by atoms with Crippen LogP contribution in [0.1, 0.15) is 18.5 Å². The third kappa shape index (κ3) is 10.6. The van der Waals surface area contributed by atoms with E-state index in [0.717, 1.165) is 5.75 Å². The third-order valence-corrected chi connectivity index (χ3v) is 5.54. The number of carbonyl (C=O) groups excluding carboxylic acids is 3. The quantitative estimate of drug-likeness (QED) is 0.185. The number of H-pyrrole nitrogens is 1. The van der Waals surface area contributed by atoms with E-state index in [1.807, 2.05) is 12.5 Å². The van der Waals surface area contributed by atoms with Crippen molar-refractivity contribution in [1.29, 1.82) is 0 Å². The highest BCUT2D eigenvalue weighted by molar-refractivity contribution is 7.98. The molecule has 3 unspecified atom stereocenters. The van der Waals surface area contributed by atoms with E-state index < -0.39 is 48.4 Å². The molecule has 31 heavy (non-hydrogen) atoms. The molecule has 0 radical (unpaired) electrons. The number of imidazole rings is 1. The highest BCUT2D eigenvalue weighted by Gasteiger charge is 2.25. The Balaban J connectivity index is 2.59. The Bertz CT molecular complexity index is 718. The lowest BCUT2D eigenvalue weighted by molar-refractivity contribution is -0.141. The van der Waals surface area contributed by atoms with Gasteiger partial charge in [-0.25, -0.2) is 9.78 Å². The molecule has 0 saturated carbocycles. The fraction of sp³-hybridized carbons (Fsp3) is 0.611. The Labute approximate surface area is 189 Å². The lowest BCUT2D eigenvalue weighted by Gasteiger charge is -2.20. The first kappa shape index (κ1) is 26.8. The van der Waals surface area contributed by atoms with Crippen molar-refractivity contribution in [3.63, 3.8) is 0 Å². The van der Waals surface area contributed by atoms with Crippen molar-refractivity contribution in [3.05, 3.63) is 18.2 Å². The molecule has 0 spiro atoms. The Morgan fingerprint density at radius 1 is 1.10 bits per heavy atom. The van der Waals surface area contributed by atoms with Crippen LogP contribution in [0.15, 0.2) is 12.5 Å². The number of hydrogen-bond donors (Lipinski definition) is 6. The van der Waals surface area contributed by atoms with Crippen molar-refractivity contribution < 1.29 is 24.3 Å². The summed E-state index contributed by atoms with van der Waals surface area (Å²) in [4.78, 5) is 54.9. The minimum Gasteiger partial charge on any atom is -0.480 e. The predicted octanol–water partition coefficient (Wildman–Crippen LogP) is -1.04. The number of thioether (sulfide) groups is 2. The number of carboxylic acid groups (broad SMARTS) is 1. The molecule has 1 rings (SSSR count). The summed E-state index contributed by atoms with van der Waals surface area (Å²) in [5.74, 6) is -1.49. The summed E-state index contributed by atoms with van der Waals surface area (Å²) < 4.78 is 0. The van der Waals surface area contributed by atoms with Crippen LogP contribution in [-0.2, 0) is 25.6 Å². The molecule has 0 aliphatic heterocycles. The molecular weight excluding hydrogens is 444 g/mol. The largest absolute Gasteiger partial charge is 0.480 e. The van der Waals surface area contributed by atoms with Crippen LogP contribution in [0.2, 0.25) is 0 Å². The molecule has 1 heterocycles. The highest BCUT2D eigenvalue weighted by Crippen LogP contribution is 2.04. The van der Waals surface area contributed by atoms with Crippen molar-refractivity contribution in [1.82, 2.24) is 25.9 Å². The molecule has 3 atom stereocenters. The fourth-order valence-corrected chi connectivity index (χ4v) is 3.47. The van der Waals surface area contributed by atoms with Gasteiger partial charge in [0.25, 0.3) is 0 Å². The molecule has 0 aliphatic rings. The molecule has 0 aromatic carbocycles. The van der Waals surface area contributed by atoms with Crippen LogP contribution in [0.3, 0.4) is 0 Å². The number of nitrogens with two attached hydrogens (primary N) is 1. The summed E-state index contributed by atoms with van der Waals surface area (Å²) in [6, 6.07) is -2.74. The summed E-state index contributed by atoms with van der Waals surface area (Å²) in [6.07, 6.45) is 7.54. The normalized spacial score (nSPS) is 13.6.